The molecule has 1 aliphatic heterocycles. The van der Waals surface area contributed by atoms with Crippen LogP contribution in [0.25, 0.3) is 17.1 Å². The Morgan fingerprint density at radius 3 is 2.56 bits per heavy atom. The van der Waals surface area contributed by atoms with Crippen LogP contribution in [0, 0.1) is 0 Å². The first-order valence-electron chi connectivity index (χ1n) is 15.9. The number of carbonyl (C=O) groups is 2. The van der Waals surface area contributed by atoms with Crippen LogP contribution in [0.1, 0.15) is 83.1 Å². The molecule has 1 saturated heterocycles. The average Bonchev–Trinajstić information content (AvgIpc) is 3.69. The molecule has 3 heterocycles. The Kier molecular flexibility index (Phi) is 8.87. The van der Waals surface area contributed by atoms with Crippen LogP contribution in [0.3, 0.4) is 0 Å². The SMILES string of the molecule is CCOC(=O)c1cnn(-c2cccc(-c3cccc4c3[C@@H](Cc3ccc(C5CCN(C(=O)O)CC5)c(CC)c3)CC4)n2)c1OC. The third kappa shape index (κ3) is 6.03. The molecule has 1 atom stereocenters. The van der Waals surface area contributed by atoms with Gasteiger partial charge >= 0.3 is 12.1 Å². The first-order chi connectivity index (χ1) is 21.9. The van der Waals surface area contributed by atoms with Crippen LogP contribution in [0.15, 0.2) is 60.8 Å². The maximum atomic E-state index is 12.4. The molecule has 0 bridgehead atoms. The van der Waals surface area contributed by atoms with Gasteiger partial charge < -0.3 is 19.5 Å². The molecule has 1 aliphatic carbocycles. The molecule has 0 unspecified atom stereocenters. The number of aromatic nitrogens is 3. The number of carboxylic acid groups (broad SMARTS) is 1. The van der Waals surface area contributed by atoms with E-state index in [2.05, 4.69) is 48.4 Å². The maximum absolute atomic E-state index is 12.4. The van der Waals surface area contributed by atoms with E-state index in [9.17, 15) is 14.7 Å². The van der Waals surface area contributed by atoms with Crippen molar-refractivity contribution in [3.63, 3.8) is 0 Å². The molecule has 2 aliphatic rings. The van der Waals surface area contributed by atoms with Gasteiger partial charge in [-0.05, 0) is 97.2 Å². The van der Waals surface area contributed by atoms with E-state index in [0.29, 0.717) is 30.7 Å². The van der Waals surface area contributed by atoms with E-state index >= 15 is 0 Å². The summed E-state index contributed by atoms with van der Waals surface area (Å²) >= 11 is 0. The zero-order chi connectivity index (χ0) is 31.5. The summed E-state index contributed by atoms with van der Waals surface area (Å²) in [5.41, 5.74) is 9.02. The molecule has 0 radical (unpaired) electrons. The largest absolute Gasteiger partial charge is 0.480 e. The van der Waals surface area contributed by atoms with Crippen LogP contribution in [0.2, 0.25) is 0 Å². The topological polar surface area (TPSA) is 107 Å². The predicted molar refractivity (Wildman–Crippen MR) is 171 cm³/mol. The number of carbonyl (C=O) groups excluding carboxylic acids is 1. The summed E-state index contributed by atoms with van der Waals surface area (Å²) < 4.78 is 12.3. The molecule has 2 aromatic heterocycles. The number of amides is 1. The van der Waals surface area contributed by atoms with Gasteiger partial charge in [0.15, 0.2) is 5.82 Å². The normalized spacial score (nSPS) is 16.4. The number of fused-ring (bicyclic) bond motifs is 1. The minimum absolute atomic E-state index is 0.260. The van der Waals surface area contributed by atoms with Crippen molar-refractivity contribution >= 4 is 12.1 Å². The van der Waals surface area contributed by atoms with Crippen LogP contribution in [0.4, 0.5) is 4.79 Å². The van der Waals surface area contributed by atoms with Gasteiger partial charge in [0.05, 0.1) is 25.6 Å². The van der Waals surface area contributed by atoms with Gasteiger partial charge in [-0.3, -0.25) is 0 Å². The standard InChI is InChI=1S/C36H40N4O5/c1-4-24-20-23(12-15-28(24)25-16-18-39(19-17-25)36(42)43)21-27-14-13-26-8-6-9-29(33(26)27)31-10-7-11-32(38-31)40-34(44-3)30(22-37-40)35(41)45-5-2/h6-12,15,20,22,25,27H,4-5,13-14,16-19,21H2,1-3H3,(H,42,43)/t27-/m1/s1. The minimum Gasteiger partial charge on any atom is -0.480 e. The molecule has 45 heavy (non-hydrogen) atoms. The first-order valence-corrected chi connectivity index (χ1v) is 15.9. The summed E-state index contributed by atoms with van der Waals surface area (Å²) in [4.78, 5) is 30.4. The van der Waals surface area contributed by atoms with Crippen LogP contribution in [-0.4, -0.2) is 63.6 Å². The van der Waals surface area contributed by atoms with Crippen LogP contribution in [-0.2, 0) is 24.0 Å². The highest BCUT2D eigenvalue weighted by atomic mass is 16.5. The Labute approximate surface area is 263 Å². The van der Waals surface area contributed by atoms with E-state index in [-0.39, 0.29) is 18.1 Å². The average molecular weight is 609 g/mol. The molecule has 1 amide bonds. The Balaban J connectivity index is 1.26. The molecule has 0 spiro atoms. The number of rotatable bonds is 9. The summed E-state index contributed by atoms with van der Waals surface area (Å²) in [5.74, 6) is 1.14. The molecule has 234 valence electrons. The van der Waals surface area contributed by atoms with Gasteiger partial charge in [0.25, 0.3) is 0 Å². The summed E-state index contributed by atoms with van der Waals surface area (Å²) in [5, 5.41) is 13.8. The zero-order valence-corrected chi connectivity index (χ0v) is 26.2. The molecular weight excluding hydrogens is 568 g/mol. The number of methoxy groups -OCH3 is 1. The maximum Gasteiger partial charge on any atom is 0.407 e. The fourth-order valence-corrected chi connectivity index (χ4v) is 7.11. The van der Waals surface area contributed by atoms with Gasteiger partial charge in [0, 0.05) is 18.7 Å². The highest BCUT2D eigenvalue weighted by Gasteiger charge is 2.29. The van der Waals surface area contributed by atoms with E-state index in [0.717, 1.165) is 49.8 Å². The molecule has 2 aromatic carbocycles. The molecule has 1 N–H and O–H groups in total. The van der Waals surface area contributed by atoms with E-state index in [1.54, 1.807) is 6.92 Å². The first kappa shape index (κ1) is 30.4. The van der Waals surface area contributed by atoms with Crippen molar-refractivity contribution in [1.29, 1.82) is 0 Å². The van der Waals surface area contributed by atoms with Crippen LogP contribution in [0.5, 0.6) is 5.88 Å². The van der Waals surface area contributed by atoms with E-state index < -0.39 is 12.1 Å². The van der Waals surface area contributed by atoms with Crippen molar-refractivity contribution in [2.24, 2.45) is 0 Å². The van der Waals surface area contributed by atoms with Crippen LogP contribution >= 0.6 is 0 Å². The number of nitrogens with zero attached hydrogens (tertiary/aromatic N) is 4. The number of likely N-dealkylation sites (tertiary alicyclic amines) is 1. The predicted octanol–water partition coefficient (Wildman–Crippen LogP) is 6.81. The van der Waals surface area contributed by atoms with Crippen LogP contribution < -0.4 is 4.74 Å². The molecule has 9 heteroatoms. The number of hydrogen-bond acceptors (Lipinski definition) is 6. The second kappa shape index (κ2) is 13.1. The van der Waals surface area contributed by atoms with E-state index in [4.69, 9.17) is 14.5 Å². The van der Waals surface area contributed by atoms with E-state index in [1.165, 1.54) is 50.7 Å². The number of hydrogen-bond donors (Lipinski definition) is 1. The Hall–Kier alpha value is -4.66. The molecule has 1 fully saturated rings. The van der Waals surface area contributed by atoms with Crippen molar-refractivity contribution in [2.75, 3.05) is 26.8 Å². The monoisotopic (exact) mass is 608 g/mol. The second-order valence-electron chi connectivity index (χ2n) is 11.8. The van der Waals surface area contributed by atoms with Crippen molar-refractivity contribution < 1.29 is 24.2 Å². The number of benzene rings is 2. The highest BCUT2D eigenvalue weighted by molar-refractivity contribution is 5.92. The highest BCUT2D eigenvalue weighted by Crippen LogP contribution is 2.42. The Morgan fingerprint density at radius 1 is 1.02 bits per heavy atom. The molecule has 0 saturated carbocycles. The number of piperidine rings is 1. The number of pyridine rings is 1. The van der Waals surface area contributed by atoms with Crippen molar-refractivity contribution in [2.45, 2.75) is 64.2 Å². The molecule has 4 aromatic rings. The van der Waals surface area contributed by atoms with E-state index in [1.807, 2.05) is 18.2 Å². The third-order valence-electron chi connectivity index (χ3n) is 9.28. The van der Waals surface area contributed by atoms with Gasteiger partial charge in [-0.1, -0.05) is 49.4 Å². The molecule has 9 nitrogen and oxygen atoms in total. The summed E-state index contributed by atoms with van der Waals surface area (Å²) in [6, 6.07) is 19.3. The van der Waals surface area contributed by atoms with Gasteiger partial charge in [0.1, 0.15) is 5.56 Å². The lowest BCUT2D eigenvalue weighted by Gasteiger charge is -2.31. The fraction of sp³-hybridized carbons (Fsp3) is 0.389. The van der Waals surface area contributed by atoms with Gasteiger partial charge in [-0.2, -0.15) is 9.78 Å². The quantitative estimate of drug-likeness (QED) is 0.208. The lowest BCUT2D eigenvalue weighted by molar-refractivity contribution is 0.0522. The third-order valence-corrected chi connectivity index (χ3v) is 9.28. The van der Waals surface area contributed by atoms with Crippen molar-refractivity contribution in [3.8, 4) is 23.0 Å². The van der Waals surface area contributed by atoms with Crippen molar-refractivity contribution in [3.05, 3.63) is 94.2 Å². The Bertz CT molecular complexity index is 1710. The summed E-state index contributed by atoms with van der Waals surface area (Å²) in [7, 11) is 1.51. The zero-order valence-electron chi connectivity index (χ0n) is 26.2. The van der Waals surface area contributed by atoms with Gasteiger partial charge in [0.2, 0.25) is 5.88 Å². The molecule has 6 rings (SSSR count). The fourth-order valence-electron chi connectivity index (χ4n) is 7.11. The summed E-state index contributed by atoms with van der Waals surface area (Å²) in [6.07, 6.45) is 6.41. The number of ether oxygens (including phenoxy) is 2. The number of aryl methyl sites for hydroxylation is 2. The smallest absolute Gasteiger partial charge is 0.407 e. The van der Waals surface area contributed by atoms with Gasteiger partial charge in [-0.15, -0.1) is 0 Å². The lowest BCUT2D eigenvalue weighted by Crippen LogP contribution is -2.37. The lowest BCUT2D eigenvalue weighted by atomic mass is 9.83. The molecular formula is C36H40N4O5. The number of esters is 1. The summed E-state index contributed by atoms with van der Waals surface area (Å²) in [6.45, 7) is 5.43. The second-order valence-corrected chi connectivity index (χ2v) is 11.8. The van der Waals surface area contributed by atoms with Gasteiger partial charge in [-0.25, -0.2) is 14.6 Å². The Morgan fingerprint density at radius 2 is 1.82 bits per heavy atom. The minimum atomic E-state index is -0.818. The van der Waals surface area contributed by atoms with Crippen molar-refractivity contribution in [1.82, 2.24) is 19.7 Å².